The zero-order chi connectivity index (χ0) is 11.7. The van der Waals surface area contributed by atoms with Crippen LogP contribution in [0, 0.1) is 24.2 Å². The molecule has 0 aliphatic heterocycles. The van der Waals surface area contributed by atoms with Gasteiger partial charge in [-0.05, 0) is 50.3 Å². The van der Waals surface area contributed by atoms with Crippen LogP contribution in [-0.4, -0.2) is 13.1 Å². The van der Waals surface area contributed by atoms with Crippen molar-refractivity contribution in [2.24, 2.45) is 5.92 Å². The molecular weight excluding hydrogens is 196 g/mol. The number of hydrogen-bond donors (Lipinski definition) is 0. The van der Waals surface area contributed by atoms with Gasteiger partial charge in [-0.3, -0.25) is 0 Å². The van der Waals surface area contributed by atoms with E-state index in [2.05, 4.69) is 37.9 Å². The molecule has 1 aromatic rings. The monoisotopic (exact) mass is 214 g/mol. The average Bonchev–Trinajstić information content (AvgIpc) is 3.11. The second-order valence-corrected chi connectivity index (χ2v) is 4.82. The lowest BCUT2D eigenvalue weighted by molar-refractivity contribution is 0.609. The fraction of sp³-hybridized carbons (Fsp3) is 0.500. The van der Waals surface area contributed by atoms with E-state index in [1.54, 1.807) is 0 Å². The zero-order valence-electron chi connectivity index (χ0n) is 10.2. The minimum absolute atomic E-state index is 0.536. The Hall–Kier alpha value is -1.49. The van der Waals surface area contributed by atoms with Gasteiger partial charge in [-0.15, -0.1) is 0 Å². The van der Waals surface area contributed by atoms with Crippen molar-refractivity contribution in [2.75, 3.05) is 11.9 Å². The molecule has 2 heteroatoms. The Morgan fingerprint density at radius 1 is 1.44 bits per heavy atom. The van der Waals surface area contributed by atoms with Crippen LogP contribution in [0.25, 0.3) is 0 Å². The van der Waals surface area contributed by atoms with Crippen LogP contribution in [0.1, 0.15) is 30.9 Å². The van der Waals surface area contributed by atoms with Crippen molar-refractivity contribution in [3.63, 3.8) is 0 Å². The molecule has 1 aromatic carbocycles. The number of hydrogen-bond acceptors (Lipinski definition) is 2. The summed E-state index contributed by atoms with van der Waals surface area (Å²) in [5, 5.41) is 9.12. The number of aryl methyl sites for hydroxylation is 1. The molecule has 16 heavy (non-hydrogen) atoms. The topological polar surface area (TPSA) is 27.0 Å². The van der Waals surface area contributed by atoms with Gasteiger partial charge in [0.15, 0.2) is 0 Å². The maximum atomic E-state index is 9.12. The molecule has 0 N–H and O–H groups in total. The van der Waals surface area contributed by atoms with E-state index in [-0.39, 0.29) is 0 Å². The van der Waals surface area contributed by atoms with E-state index < -0.39 is 0 Å². The molecule has 1 aliphatic carbocycles. The van der Waals surface area contributed by atoms with E-state index in [1.807, 2.05) is 12.1 Å². The summed E-state index contributed by atoms with van der Waals surface area (Å²) >= 11 is 0. The van der Waals surface area contributed by atoms with E-state index in [0.29, 0.717) is 6.04 Å². The Labute approximate surface area is 97.5 Å². The number of rotatable bonds is 3. The first-order valence-electron chi connectivity index (χ1n) is 5.87. The van der Waals surface area contributed by atoms with Gasteiger partial charge >= 0.3 is 0 Å². The van der Waals surface area contributed by atoms with Crippen molar-refractivity contribution in [3.8, 4) is 6.07 Å². The third-order valence-corrected chi connectivity index (χ3v) is 3.57. The number of nitriles is 1. The normalized spacial score (nSPS) is 16.6. The molecule has 0 saturated heterocycles. The van der Waals surface area contributed by atoms with Crippen molar-refractivity contribution < 1.29 is 0 Å². The summed E-state index contributed by atoms with van der Waals surface area (Å²) in [6.07, 6.45) is 2.67. The predicted molar refractivity (Wildman–Crippen MR) is 66.5 cm³/mol. The van der Waals surface area contributed by atoms with Gasteiger partial charge in [0, 0.05) is 13.1 Å². The molecule has 2 rings (SSSR count). The summed E-state index contributed by atoms with van der Waals surface area (Å²) in [5.74, 6) is 0.817. The van der Waals surface area contributed by atoms with E-state index >= 15 is 0 Å². The van der Waals surface area contributed by atoms with Gasteiger partial charge in [-0.1, -0.05) is 6.07 Å². The number of nitrogens with zero attached hydrogens (tertiary/aromatic N) is 2. The summed E-state index contributed by atoms with van der Waals surface area (Å²) in [4.78, 5) is 2.25. The van der Waals surface area contributed by atoms with Crippen LogP contribution < -0.4 is 4.90 Å². The minimum Gasteiger partial charge on any atom is -0.371 e. The lowest BCUT2D eigenvalue weighted by atomic mass is 10.1. The average molecular weight is 214 g/mol. The number of anilines is 1. The van der Waals surface area contributed by atoms with Gasteiger partial charge < -0.3 is 4.90 Å². The van der Waals surface area contributed by atoms with Crippen molar-refractivity contribution in [3.05, 3.63) is 29.3 Å². The molecule has 1 unspecified atom stereocenters. The lowest BCUT2D eigenvalue weighted by Gasteiger charge is -2.28. The van der Waals surface area contributed by atoms with Crippen molar-refractivity contribution in [1.29, 1.82) is 5.26 Å². The standard InChI is InChI=1S/C14H18N2/c1-10-4-5-13(9-15)14(8-10)16(3)11(2)12-6-7-12/h4-5,8,11-12H,6-7H2,1-3H3. The Morgan fingerprint density at radius 3 is 2.69 bits per heavy atom. The number of benzene rings is 1. The first-order valence-corrected chi connectivity index (χ1v) is 5.87. The molecule has 1 fully saturated rings. The molecule has 0 aromatic heterocycles. The van der Waals surface area contributed by atoms with Gasteiger partial charge in [0.1, 0.15) is 6.07 Å². The van der Waals surface area contributed by atoms with Crippen molar-refractivity contribution in [1.82, 2.24) is 0 Å². The molecule has 0 radical (unpaired) electrons. The fourth-order valence-electron chi connectivity index (χ4n) is 2.14. The molecule has 0 heterocycles. The highest BCUT2D eigenvalue weighted by Gasteiger charge is 2.31. The highest BCUT2D eigenvalue weighted by Crippen LogP contribution is 2.37. The Kier molecular flexibility index (Phi) is 2.87. The Bertz CT molecular complexity index is 427. The molecule has 1 atom stereocenters. The highest BCUT2D eigenvalue weighted by atomic mass is 15.1. The van der Waals surface area contributed by atoms with Crippen molar-refractivity contribution >= 4 is 5.69 Å². The summed E-state index contributed by atoms with van der Waals surface area (Å²) in [5.41, 5.74) is 3.06. The fourth-order valence-corrected chi connectivity index (χ4v) is 2.14. The van der Waals surface area contributed by atoms with Gasteiger partial charge in [0.05, 0.1) is 11.3 Å². The molecule has 2 nitrogen and oxygen atoms in total. The van der Waals surface area contributed by atoms with Gasteiger partial charge in [-0.25, -0.2) is 0 Å². The lowest BCUT2D eigenvalue weighted by Crippen LogP contribution is -2.31. The van der Waals surface area contributed by atoms with Crippen LogP contribution in [0.5, 0.6) is 0 Å². The second kappa shape index (κ2) is 4.17. The summed E-state index contributed by atoms with van der Waals surface area (Å²) in [7, 11) is 2.10. The smallest absolute Gasteiger partial charge is 0.101 e. The van der Waals surface area contributed by atoms with Crippen LogP contribution >= 0.6 is 0 Å². The summed E-state index contributed by atoms with van der Waals surface area (Å²) in [6, 6.07) is 8.84. The molecule has 84 valence electrons. The van der Waals surface area contributed by atoms with Gasteiger partial charge in [0.2, 0.25) is 0 Å². The zero-order valence-corrected chi connectivity index (χ0v) is 10.2. The minimum atomic E-state index is 0.536. The quantitative estimate of drug-likeness (QED) is 0.773. The Morgan fingerprint density at radius 2 is 2.12 bits per heavy atom. The molecule has 1 saturated carbocycles. The highest BCUT2D eigenvalue weighted by molar-refractivity contribution is 5.60. The van der Waals surface area contributed by atoms with E-state index in [9.17, 15) is 0 Å². The third kappa shape index (κ3) is 2.04. The van der Waals surface area contributed by atoms with E-state index in [0.717, 1.165) is 17.2 Å². The van der Waals surface area contributed by atoms with Crippen LogP contribution in [0.15, 0.2) is 18.2 Å². The third-order valence-electron chi connectivity index (χ3n) is 3.57. The predicted octanol–water partition coefficient (Wildman–Crippen LogP) is 3.10. The molecule has 0 spiro atoms. The van der Waals surface area contributed by atoms with E-state index in [1.165, 1.54) is 18.4 Å². The largest absolute Gasteiger partial charge is 0.371 e. The summed E-state index contributed by atoms with van der Waals surface area (Å²) in [6.45, 7) is 4.32. The summed E-state index contributed by atoms with van der Waals surface area (Å²) < 4.78 is 0. The van der Waals surface area contributed by atoms with Crippen molar-refractivity contribution in [2.45, 2.75) is 32.7 Å². The molecule has 0 bridgehead atoms. The van der Waals surface area contributed by atoms with Gasteiger partial charge in [-0.2, -0.15) is 5.26 Å². The molecular formula is C14H18N2. The van der Waals surface area contributed by atoms with Crippen LogP contribution in [0.4, 0.5) is 5.69 Å². The van der Waals surface area contributed by atoms with Gasteiger partial charge in [0.25, 0.3) is 0 Å². The first kappa shape index (κ1) is 11.0. The second-order valence-electron chi connectivity index (χ2n) is 4.82. The first-order chi connectivity index (χ1) is 7.63. The SMILES string of the molecule is Cc1ccc(C#N)c(N(C)C(C)C2CC2)c1. The van der Waals surface area contributed by atoms with Crippen LogP contribution in [0.2, 0.25) is 0 Å². The van der Waals surface area contributed by atoms with Crippen LogP contribution in [0.3, 0.4) is 0 Å². The van der Waals surface area contributed by atoms with Crippen LogP contribution in [-0.2, 0) is 0 Å². The molecule has 1 aliphatic rings. The maximum Gasteiger partial charge on any atom is 0.101 e. The van der Waals surface area contributed by atoms with E-state index in [4.69, 9.17) is 5.26 Å². The molecule has 0 amide bonds. The Balaban J connectivity index is 2.30. The maximum absolute atomic E-state index is 9.12.